The molecule has 30 heavy (non-hydrogen) atoms. The lowest BCUT2D eigenvalue weighted by Gasteiger charge is -2.25. The van der Waals surface area contributed by atoms with Crippen molar-refractivity contribution in [1.82, 2.24) is 0 Å². The van der Waals surface area contributed by atoms with Crippen LogP contribution in [0.15, 0.2) is 78.9 Å². The molecule has 0 atom stereocenters. The minimum absolute atomic E-state index is 0.0903. The van der Waals surface area contributed by atoms with Crippen LogP contribution in [0.1, 0.15) is 25.0 Å². The Morgan fingerprint density at radius 3 is 2.13 bits per heavy atom. The van der Waals surface area contributed by atoms with Gasteiger partial charge in [0.25, 0.3) is 0 Å². The number of para-hydroxylation sites is 1. The van der Waals surface area contributed by atoms with Gasteiger partial charge in [-0.2, -0.15) is 8.78 Å². The molecule has 0 aliphatic carbocycles. The summed E-state index contributed by atoms with van der Waals surface area (Å²) in [4.78, 5) is 0. The van der Waals surface area contributed by atoms with Gasteiger partial charge in [0, 0.05) is 21.3 Å². The number of ether oxygens (including phenoxy) is 3. The van der Waals surface area contributed by atoms with Gasteiger partial charge >= 0.3 is 5.02 Å². The van der Waals surface area contributed by atoms with Gasteiger partial charge in [0.1, 0.15) is 17.2 Å². The fourth-order valence-electron chi connectivity index (χ4n) is 2.94. The minimum Gasteiger partial charge on any atom is -0.457 e. The SMILES string of the molecule is CC(C)(COCc1cccc(Oc2ccccc2)c1)c1ccc(OC(F)(F)Br)cc1. The lowest BCUT2D eigenvalue weighted by molar-refractivity contribution is -0.0803. The second kappa shape index (κ2) is 9.58. The van der Waals surface area contributed by atoms with E-state index in [0.29, 0.717) is 13.2 Å². The maximum atomic E-state index is 12.9. The van der Waals surface area contributed by atoms with Gasteiger partial charge < -0.3 is 14.2 Å². The molecule has 0 aliphatic rings. The Morgan fingerprint density at radius 2 is 1.47 bits per heavy atom. The fourth-order valence-corrected chi connectivity index (χ4v) is 3.13. The first-order valence-corrected chi connectivity index (χ1v) is 10.3. The Balaban J connectivity index is 1.55. The Labute approximate surface area is 183 Å². The van der Waals surface area contributed by atoms with Crippen LogP contribution in [0, 0.1) is 0 Å². The van der Waals surface area contributed by atoms with E-state index in [-0.39, 0.29) is 11.2 Å². The molecular weight excluding hydrogens is 454 g/mol. The van der Waals surface area contributed by atoms with Crippen LogP contribution in [0.3, 0.4) is 0 Å². The molecule has 3 nitrogen and oxygen atoms in total. The van der Waals surface area contributed by atoms with Crippen molar-refractivity contribution < 1.29 is 23.0 Å². The van der Waals surface area contributed by atoms with Crippen LogP contribution >= 0.6 is 15.9 Å². The quantitative estimate of drug-likeness (QED) is 0.303. The van der Waals surface area contributed by atoms with Gasteiger partial charge in [-0.1, -0.05) is 56.3 Å². The van der Waals surface area contributed by atoms with Crippen molar-refractivity contribution in [2.45, 2.75) is 30.9 Å². The summed E-state index contributed by atoms with van der Waals surface area (Å²) in [5.74, 6) is 1.62. The Morgan fingerprint density at radius 1 is 0.800 bits per heavy atom. The molecule has 0 unspecified atom stereocenters. The maximum Gasteiger partial charge on any atom is 0.459 e. The van der Waals surface area contributed by atoms with Gasteiger partial charge in [0.15, 0.2) is 0 Å². The summed E-state index contributed by atoms with van der Waals surface area (Å²) >= 11 is 2.17. The van der Waals surface area contributed by atoms with Crippen molar-refractivity contribution in [2.24, 2.45) is 0 Å². The van der Waals surface area contributed by atoms with Crippen LogP contribution in [-0.4, -0.2) is 11.6 Å². The molecule has 3 aromatic rings. The molecule has 0 spiro atoms. The molecule has 0 fully saturated rings. The number of alkyl halides is 3. The molecule has 0 amide bonds. The number of benzene rings is 3. The molecule has 0 saturated carbocycles. The van der Waals surface area contributed by atoms with E-state index < -0.39 is 5.02 Å². The highest BCUT2D eigenvalue weighted by Crippen LogP contribution is 2.30. The van der Waals surface area contributed by atoms with E-state index in [1.165, 1.54) is 12.1 Å². The van der Waals surface area contributed by atoms with Gasteiger partial charge in [-0.3, -0.25) is 0 Å². The van der Waals surface area contributed by atoms with Gasteiger partial charge in [-0.15, -0.1) is 0 Å². The molecule has 0 aromatic heterocycles. The zero-order valence-electron chi connectivity index (χ0n) is 16.8. The molecule has 3 aromatic carbocycles. The monoisotopic (exact) mass is 476 g/mol. The van der Waals surface area contributed by atoms with Gasteiger partial charge in [-0.25, -0.2) is 0 Å². The summed E-state index contributed by atoms with van der Waals surface area (Å²) in [5.41, 5.74) is 1.67. The molecule has 0 heterocycles. The molecule has 0 radical (unpaired) electrons. The van der Waals surface area contributed by atoms with Crippen LogP contribution in [0.2, 0.25) is 0 Å². The molecular formula is C24H23BrF2O3. The van der Waals surface area contributed by atoms with E-state index in [2.05, 4.69) is 20.7 Å². The summed E-state index contributed by atoms with van der Waals surface area (Å²) in [6.45, 7) is 4.98. The highest BCUT2D eigenvalue weighted by Gasteiger charge is 2.27. The van der Waals surface area contributed by atoms with Gasteiger partial charge in [0.2, 0.25) is 0 Å². The molecule has 0 bridgehead atoms. The van der Waals surface area contributed by atoms with Gasteiger partial charge in [-0.05, 0) is 47.5 Å². The van der Waals surface area contributed by atoms with E-state index in [9.17, 15) is 8.78 Å². The normalized spacial score (nSPS) is 11.9. The third kappa shape index (κ3) is 6.82. The standard InChI is InChI=1S/C24H23BrF2O3/c1-23(2,19-11-13-21(14-12-19)30-24(25,26)27)17-28-16-18-7-6-10-22(15-18)29-20-8-4-3-5-9-20/h3-15H,16-17H2,1-2H3. The summed E-state index contributed by atoms with van der Waals surface area (Å²) in [5, 5.41) is -3.38. The Hall–Kier alpha value is -2.44. The van der Waals surface area contributed by atoms with Gasteiger partial charge in [0.05, 0.1) is 13.2 Å². The summed E-state index contributed by atoms with van der Waals surface area (Å²) < 4.78 is 42.1. The average molecular weight is 477 g/mol. The molecule has 158 valence electrons. The van der Waals surface area contributed by atoms with Crippen LogP contribution in [0.5, 0.6) is 17.2 Å². The topological polar surface area (TPSA) is 27.7 Å². The van der Waals surface area contributed by atoms with Crippen molar-refractivity contribution in [3.8, 4) is 17.2 Å². The Bertz CT molecular complexity index is 939. The van der Waals surface area contributed by atoms with E-state index >= 15 is 0 Å². The summed E-state index contributed by atoms with van der Waals surface area (Å²) in [6.07, 6.45) is 0. The number of hydrogen-bond donors (Lipinski definition) is 0. The van der Waals surface area contributed by atoms with E-state index in [1.54, 1.807) is 12.1 Å². The lowest BCUT2D eigenvalue weighted by atomic mass is 9.85. The third-order valence-electron chi connectivity index (χ3n) is 4.48. The van der Waals surface area contributed by atoms with Crippen molar-refractivity contribution in [2.75, 3.05) is 6.61 Å². The van der Waals surface area contributed by atoms with Crippen LogP contribution < -0.4 is 9.47 Å². The van der Waals surface area contributed by atoms with E-state index in [4.69, 9.17) is 9.47 Å². The Kier molecular flexibility index (Phi) is 7.10. The van der Waals surface area contributed by atoms with Crippen molar-refractivity contribution >= 4 is 15.9 Å². The first-order valence-electron chi connectivity index (χ1n) is 9.47. The highest BCUT2D eigenvalue weighted by molar-refractivity contribution is 9.09. The first-order chi connectivity index (χ1) is 14.2. The largest absolute Gasteiger partial charge is 0.459 e. The van der Waals surface area contributed by atoms with Crippen molar-refractivity contribution in [3.63, 3.8) is 0 Å². The minimum atomic E-state index is -3.38. The van der Waals surface area contributed by atoms with Crippen LogP contribution in [0.4, 0.5) is 8.78 Å². The molecule has 3 rings (SSSR count). The molecule has 6 heteroatoms. The average Bonchev–Trinajstić information content (AvgIpc) is 2.68. The third-order valence-corrected chi connectivity index (χ3v) is 4.64. The summed E-state index contributed by atoms with van der Waals surface area (Å²) in [6, 6.07) is 24.0. The second-order valence-electron chi connectivity index (χ2n) is 7.51. The molecule has 0 saturated heterocycles. The zero-order valence-corrected chi connectivity index (χ0v) is 18.4. The van der Waals surface area contributed by atoms with Crippen LogP contribution in [0.25, 0.3) is 0 Å². The zero-order chi connectivity index (χ0) is 21.6. The van der Waals surface area contributed by atoms with Crippen molar-refractivity contribution in [3.05, 3.63) is 90.0 Å². The first kappa shape index (κ1) is 22.2. The maximum absolute atomic E-state index is 12.9. The van der Waals surface area contributed by atoms with E-state index in [0.717, 1.165) is 22.6 Å². The predicted molar refractivity (Wildman–Crippen MR) is 117 cm³/mol. The molecule has 0 aliphatic heterocycles. The smallest absolute Gasteiger partial charge is 0.457 e. The van der Waals surface area contributed by atoms with Crippen LogP contribution in [-0.2, 0) is 16.8 Å². The summed E-state index contributed by atoms with van der Waals surface area (Å²) in [7, 11) is 0. The lowest BCUT2D eigenvalue weighted by Crippen LogP contribution is -2.24. The number of hydrogen-bond acceptors (Lipinski definition) is 3. The predicted octanol–water partition coefficient (Wildman–Crippen LogP) is 7.30. The molecule has 0 N–H and O–H groups in total. The fraction of sp³-hybridized carbons (Fsp3) is 0.250. The second-order valence-corrected chi connectivity index (χ2v) is 8.43. The van der Waals surface area contributed by atoms with Crippen molar-refractivity contribution in [1.29, 1.82) is 0 Å². The highest BCUT2D eigenvalue weighted by atomic mass is 79.9. The number of rotatable bonds is 9. The van der Waals surface area contributed by atoms with E-state index in [1.807, 2.05) is 68.4 Å². The number of halogens is 3.